The molecule has 2 heteroatoms. The summed E-state index contributed by atoms with van der Waals surface area (Å²) in [5.74, 6) is 0.955. The van der Waals surface area contributed by atoms with Gasteiger partial charge in [0.25, 0.3) is 0 Å². The molecule has 0 fully saturated rings. The largest absolute Gasteiger partial charge is 0.490 e. The van der Waals surface area contributed by atoms with Gasteiger partial charge in [0, 0.05) is 11.1 Å². The van der Waals surface area contributed by atoms with Crippen LogP contribution in [0.3, 0.4) is 0 Å². The zero-order chi connectivity index (χ0) is 15.4. The van der Waals surface area contributed by atoms with Crippen molar-refractivity contribution in [2.45, 2.75) is 12.8 Å². The van der Waals surface area contributed by atoms with E-state index in [0.717, 1.165) is 40.9 Å². The van der Waals surface area contributed by atoms with Gasteiger partial charge >= 0.3 is 0 Å². The summed E-state index contributed by atoms with van der Waals surface area (Å²) in [6, 6.07) is 15.6. The molecule has 2 aromatic rings. The molecule has 0 amide bonds. The molecule has 2 nitrogen and oxygen atoms in total. The Hall–Kier alpha value is -2.61. The smallest absolute Gasteiger partial charge is 0.189 e. The Balaban J connectivity index is 1.81. The lowest BCUT2D eigenvalue weighted by atomic mass is 9.86. The molecule has 1 aliphatic carbocycles. The number of carbonyl (C=O) groups is 1. The highest BCUT2D eigenvalue weighted by molar-refractivity contribution is 6.13. The number of carbonyl (C=O) groups excluding carboxylic acids is 1. The highest BCUT2D eigenvalue weighted by atomic mass is 16.5. The predicted molar refractivity (Wildman–Crippen MR) is 89.2 cm³/mol. The maximum atomic E-state index is 12.5. The molecule has 0 radical (unpaired) electrons. The fraction of sp³-hybridized carbons (Fsp3) is 0.150. The molecular formula is C20H18O2. The SMILES string of the molecule is C=CCOc1ccc(/C=C2/CCc3ccccc3C2=O)cc1. The number of fused-ring (bicyclic) bond motifs is 1. The highest BCUT2D eigenvalue weighted by Gasteiger charge is 2.20. The van der Waals surface area contributed by atoms with Gasteiger partial charge < -0.3 is 4.74 Å². The van der Waals surface area contributed by atoms with Gasteiger partial charge in [-0.15, -0.1) is 0 Å². The van der Waals surface area contributed by atoms with Crippen LogP contribution in [0.2, 0.25) is 0 Å². The quantitative estimate of drug-likeness (QED) is 0.613. The van der Waals surface area contributed by atoms with Gasteiger partial charge in [-0.1, -0.05) is 49.1 Å². The van der Waals surface area contributed by atoms with Crippen LogP contribution in [0.1, 0.15) is 27.9 Å². The van der Waals surface area contributed by atoms with E-state index in [2.05, 4.69) is 6.58 Å². The first-order valence-electron chi connectivity index (χ1n) is 7.45. The van der Waals surface area contributed by atoms with Crippen molar-refractivity contribution in [3.63, 3.8) is 0 Å². The molecule has 1 aliphatic rings. The lowest BCUT2D eigenvalue weighted by molar-refractivity contribution is 0.102. The summed E-state index contributed by atoms with van der Waals surface area (Å²) < 4.78 is 5.46. The Morgan fingerprint density at radius 2 is 1.82 bits per heavy atom. The van der Waals surface area contributed by atoms with E-state index in [9.17, 15) is 4.79 Å². The van der Waals surface area contributed by atoms with Crippen LogP contribution in [-0.2, 0) is 6.42 Å². The minimum Gasteiger partial charge on any atom is -0.490 e. The van der Waals surface area contributed by atoms with Gasteiger partial charge in [0.05, 0.1) is 0 Å². The van der Waals surface area contributed by atoms with Crippen molar-refractivity contribution in [3.8, 4) is 5.75 Å². The average Bonchev–Trinajstić information content (AvgIpc) is 2.57. The average molecular weight is 290 g/mol. The summed E-state index contributed by atoms with van der Waals surface area (Å²) in [7, 11) is 0. The van der Waals surface area contributed by atoms with Crippen LogP contribution in [0, 0.1) is 0 Å². The summed E-state index contributed by atoms with van der Waals surface area (Å²) in [5.41, 5.74) is 3.89. The number of benzene rings is 2. The summed E-state index contributed by atoms with van der Waals surface area (Å²) in [6.07, 6.45) is 5.42. The van der Waals surface area contributed by atoms with E-state index in [0.29, 0.717) is 6.61 Å². The summed E-state index contributed by atoms with van der Waals surface area (Å²) >= 11 is 0. The molecule has 0 spiro atoms. The topological polar surface area (TPSA) is 26.3 Å². The Bertz CT molecular complexity index is 724. The van der Waals surface area contributed by atoms with Crippen LogP contribution in [0.5, 0.6) is 5.75 Å². The van der Waals surface area contributed by atoms with Crippen LogP contribution in [0.15, 0.2) is 66.8 Å². The van der Waals surface area contributed by atoms with E-state index >= 15 is 0 Å². The molecule has 22 heavy (non-hydrogen) atoms. The zero-order valence-electron chi connectivity index (χ0n) is 12.4. The first-order chi connectivity index (χ1) is 10.8. The second-order valence-electron chi connectivity index (χ2n) is 5.32. The first-order valence-corrected chi connectivity index (χ1v) is 7.45. The first kappa shape index (κ1) is 14.3. The number of allylic oxidation sites excluding steroid dienone is 1. The highest BCUT2D eigenvalue weighted by Crippen LogP contribution is 2.26. The predicted octanol–water partition coefficient (Wildman–Crippen LogP) is 4.46. The number of ketones is 1. The second kappa shape index (κ2) is 6.44. The van der Waals surface area contributed by atoms with Gasteiger partial charge in [0.15, 0.2) is 5.78 Å². The molecule has 3 rings (SSSR count). The van der Waals surface area contributed by atoms with Gasteiger partial charge in [-0.2, -0.15) is 0 Å². The molecule has 0 atom stereocenters. The molecule has 0 aromatic heterocycles. The fourth-order valence-corrected chi connectivity index (χ4v) is 2.67. The molecule has 0 saturated carbocycles. The lowest BCUT2D eigenvalue weighted by Crippen LogP contribution is -2.13. The van der Waals surface area contributed by atoms with Crippen LogP contribution < -0.4 is 4.74 Å². The van der Waals surface area contributed by atoms with E-state index in [1.54, 1.807) is 6.08 Å². The maximum Gasteiger partial charge on any atom is 0.189 e. The number of hydrogen-bond acceptors (Lipinski definition) is 2. The third-order valence-electron chi connectivity index (χ3n) is 3.81. The number of rotatable bonds is 4. The van der Waals surface area contributed by atoms with Crippen LogP contribution in [0.4, 0.5) is 0 Å². The van der Waals surface area contributed by atoms with Gasteiger partial charge in [-0.05, 0) is 42.2 Å². The fourth-order valence-electron chi connectivity index (χ4n) is 2.67. The van der Waals surface area contributed by atoms with Crippen molar-refractivity contribution in [1.29, 1.82) is 0 Å². The van der Waals surface area contributed by atoms with Gasteiger partial charge in [-0.25, -0.2) is 0 Å². The van der Waals surface area contributed by atoms with Gasteiger partial charge in [0.2, 0.25) is 0 Å². The van der Waals surface area contributed by atoms with E-state index in [1.807, 2.05) is 54.6 Å². The van der Waals surface area contributed by atoms with Crippen molar-refractivity contribution in [2.24, 2.45) is 0 Å². The molecule has 0 bridgehead atoms. The Labute approximate surface area is 130 Å². The van der Waals surface area contributed by atoms with Crippen LogP contribution >= 0.6 is 0 Å². The number of hydrogen-bond donors (Lipinski definition) is 0. The van der Waals surface area contributed by atoms with E-state index < -0.39 is 0 Å². The van der Waals surface area contributed by atoms with Crippen molar-refractivity contribution in [2.75, 3.05) is 6.61 Å². The maximum absolute atomic E-state index is 12.5. The monoisotopic (exact) mass is 290 g/mol. The van der Waals surface area contributed by atoms with Crippen molar-refractivity contribution in [1.82, 2.24) is 0 Å². The zero-order valence-corrected chi connectivity index (χ0v) is 12.4. The molecular weight excluding hydrogens is 272 g/mol. The molecule has 110 valence electrons. The number of aryl methyl sites for hydroxylation is 1. The molecule has 2 aromatic carbocycles. The lowest BCUT2D eigenvalue weighted by Gasteiger charge is -2.17. The Morgan fingerprint density at radius 1 is 1.05 bits per heavy atom. The van der Waals surface area contributed by atoms with E-state index in [1.165, 1.54) is 0 Å². The molecule has 0 N–H and O–H groups in total. The standard InChI is InChI=1S/C20H18O2/c1-2-13-22-18-11-7-15(8-12-18)14-17-10-9-16-5-3-4-6-19(16)20(17)21/h2-8,11-12,14H,1,9-10,13H2/b17-14-. The van der Waals surface area contributed by atoms with Crippen molar-refractivity contribution >= 4 is 11.9 Å². The van der Waals surface area contributed by atoms with Crippen molar-refractivity contribution in [3.05, 3.63) is 83.4 Å². The van der Waals surface area contributed by atoms with Gasteiger partial charge in [0.1, 0.15) is 12.4 Å². The summed E-state index contributed by atoms with van der Waals surface area (Å²) in [5, 5.41) is 0. The summed E-state index contributed by atoms with van der Waals surface area (Å²) in [4.78, 5) is 12.5. The third-order valence-corrected chi connectivity index (χ3v) is 3.81. The molecule has 0 unspecified atom stereocenters. The number of Topliss-reactive ketones (excluding diaryl/α,β-unsaturated/α-hetero) is 1. The molecule has 0 saturated heterocycles. The molecule has 0 heterocycles. The Morgan fingerprint density at radius 3 is 2.59 bits per heavy atom. The van der Waals surface area contributed by atoms with Crippen LogP contribution in [-0.4, -0.2) is 12.4 Å². The third kappa shape index (κ3) is 3.01. The second-order valence-corrected chi connectivity index (χ2v) is 5.32. The van der Waals surface area contributed by atoms with E-state index in [4.69, 9.17) is 4.74 Å². The minimum absolute atomic E-state index is 0.147. The van der Waals surface area contributed by atoms with Gasteiger partial charge in [-0.3, -0.25) is 4.79 Å². The number of ether oxygens (including phenoxy) is 1. The molecule has 0 aliphatic heterocycles. The van der Waals surface area contributed by atoms with E-state index in [-0.39, 0.29) is 5.78 Å². The Kier molecular flexibility index (Phi) is 4.19. The normalized spacial score (nSPS) is 15.5. The van der Waals surface area contributed by atoms with Crippen LogP contribution in [0.25, 0.3) is 6.08 Å². The van der Waals surface area contributed by atoms with Crippen molar-refractivity contribution < 1.29 is 9.53 Å². The summed E-state index contributed by atoms with van der Waals surface area (Å²) in [6.45, 7) is 4.12. The minimum atomic E-state index is 0.147.